The molecule has 0 unspecified atom stereocenters. The lowest BCUT2D eigenvalue weighted by molar-refractivity contribution is -0.144. The lowest BCUT2D eigenvalue weighted by Crippen LogP contribution is -2.35. The highest BCUT2D eigenvalue weighted by Crippen LogP contribution is 2.35. The maximum Gasteiger partial charge on any atom is 0.344 e. The third kappa shape index (κ3) is 4.34. The summed E-state index contributed by atoms with van der Waals surface area (Å²) in [6.45, 7) is 1.41. The Kier molecular flexibility index (Phi) is 6.06. The number of hydrogen-bond acceptors (Lipinski definition) is 5. The number of nitrogens with one attached hydrogen (secondary N) is 1. The van der Waals surface area contributed by atoms with Crippen molar-refractivity contribution in [1.82, 2.24) is 5.43 Å². The fraction of sp³-hybridized carbons (Fsp3) is 0.150. The Labute approximate surface area is 180 Å². The van der Waals surface area contributed by atoms with E-state index in [4.69, 9.17) is 14.6 Å². The van der Waals surface area contributed by atoms with Crippen LogP contribution >= 0.6 is 22.6 Å². The van der Waals surface area contributed by atoms with Gasteiger partial charge in [0.25, 0.3) is 11.8 Å². The highest BCUT2D eigenvalue weighted by Gasteiger charge is 2.34. The van der Waals surface area contributed by atoms with Gasteiger partial charge in [0.15, 0.2) is 17.6 Å². The number of para-hydroxylation sites is 1. The van der Waals surface area contributed by atoms with E-state index in [-0.39, 0.29) is 11.3 Å². The number of hydrazine groups is 1. The Morgan fingerprint density at radius 2 is 1.93 bits per heavy atom. The summed E-state index contributed by atoms with van der Waals surface area (Å²) >= 11 is 1.98. The number of anilines is 1. The molecule has 1 saturated heterocycles. The molecule has 1 atom stereocenters. The van der Waals surface area contributed by atoms with Gasteiger partial charge in [-0.1, -0.05) is 18.2 Å². The largest absolute Gasteiger partial charge is 0.493 e. The zero-order valence-corrected chi connectivity index (χ0v) is 17.7. The van der Waals surface area contributed by atoms with Crippen molar-refractivity contribution in [3.8, 4) is 11.5 Å². The zero-order valence-electron chi connectivity index (χ0n) is 15.5. The van der Waals surface area contributed by atoms with Gasteiger partial charge in [0.2, 0.25) is 0 Å². The van der Waals surface area contributed by atoms with Crippen molar-refractivity contribution in [2.75, 3.05) is 12.1 Å². The Balaban J connectivity index is 1.94. The van der Waals surface area contributed by atoms with Crippen molar-refractivity contribution >= 4 is 52.1 Å². The summed E-state index contributed by atoms with van der Waals surface area (Å²) < 4.78 is 11.3. The molecule has 0 saturated carbocycles. The Morgan fingerprint density at radius 1 is 1.24 bits per heavy atom. The summed E-state index contributed by atoms with van der Waals surface area (Å²) in [6.07, 6.45) is 0.388. The van der Waals surface area contributed by atoms with Gasteiger partial charge in [-0.05, 0) is 65.4 Å². The summed E-state index contributed by atoms with van der Waals surface area (Å²) in [7, 11) is 1.42. The highest BCUT2D eigenvalue weighted by atomic mass is 127. The van der Waals surface area contributed by atoms with E-state index >= 15 is 0 Å². The molecule has 0 spiro atoms. The minimum absolute atomic E-state index is 0.0284. The summed E-state index contributed by atoms with van der Waals surface area (Å²) in [5.41, 5.74) is 3.59. The van der Waals surface area contributed by atoms with Crippen molar-refractivity contribution < 1.29 is 29.0 Å². The van der Waals surface area contributed by atoms with Gasteiger partial charge in [-0.15, -0.1) is 0 Å². The number of carboxylic acids is 1. The number of hydrogen-bond donors (Lipinski definition) is 2. The SMILES string of the molecule is COc1cc(/C=C2/C(=O)NN(c3ccccc3)C2=O)cc(I)c1O[C@@H](C)C(=O)O. The van der Waals surface area contributed by atoms with Crippen LogP contribution in [0.4, 0.5) is 5.69 Å². The molecule has 1 aliphatic rings. The number of rotatable bonds is 6. The summed E-state index contributed by atoms with van der Waals surface area (Å²) in [5, 5.41) is 10.2. The van der Waals surface area contributed by atoms with Gasteiger partial charge < -0.3 is 14.6 Å². The van der Waals surface area contributed by atoms with E-state index in [1.807, 2.05) is 28.7 Å². The number of nitrogens with zero attached hydrogens (tertiary/aromatic N) is 1. The Bertz CT molecular complexity index is 1010. The first-order chi connectivity index (χ1) is 13.8. The van der Waals surface area contributed by atoms with Gasteiger partial charge in [-0.3, -0.25) is 15.0 Å². The quantitative estimate of drug-likeness (QED) is 0.353. The standard InChI is InChI=1S/C20H17IN2O6/c1-11(20(26)27)29-17-15(21)9-12(10-16(17)28-2)8-14-18(24)22-23(19(14)25)13-6-4-3-5-7-13/h3-11H,1-2H3,(H,22,24)(H,26,27)/b14-8-/t11-/m0/s1. The molecule has 2 N–H and O–H groups in total. The first-order valence-corrected chi connectivity index (χ1v) is 9.59. The smallest absolute Gasteiger partial charge is 0.344 e. The molecule has 0 aromatic heterocycles. The monoisotopic (exact) mass is 508 g/mol. The topological polar surface area (TPSA) is 105 Å². The molecule has 1 fully saturated rings. The molecule has 1 aliphatic heterocycles. The van der Waals surface area contributed by atoms with Gasteiger partial charge in [-0.2, -0.15) is 0 Å². The maximum atomic E-state index is 12.7. The van der Waals surface area contributed by atoms with Crippen molar-refractivity contribution in [3.63, 3.8) is 0 Å². The third-order valence-corrected chi connectivity index (χ3v) is 4.91. The van der Waals surface area contributed by atoms with Crippen LogP contribution in [0.15, 0.2) is 48.0 Å². The lowest BCUT2D eigenvalue weighted by atomic mass is 10.1. The minimum atomic E-state index is -1.11. The van der Waals surface area contributed by atoms with Crippen LogP contribution in [0.1, 0.15) is 12.5 Å². The van der Waals surface area contributed by atoms with Crippen molar-refractivity contribution in [1.29, 1.82) is 0 Å². The number of benzene rings is 2. The average Bonchev–Trinajstić information content (AvgIpc) is 2.98. The number of amides is 2. The Hall–Kier alpha value is -3.08. The molecule has 0 bridgehead atoms. The molecule has 3 rings (SSSR count). The molecule has 2 aromatic carbocycles. The summed E-state index contributed by atoms with van der Waals surface area (Å²) in [4.78, 5) is 36.1. The number of ether oxygens (including phenoxy) is 2. The van der Waals surface area contributed by atoms with E-state index in [2.05, 4.69) is 5.43 Å². The predicted molar refractivity (Wildman–Crippen MR) is 113 cm³/mol. The fourth-order valence-corrected chi connectivity index (χ4v) is 3.40. The van der Waals surface area contributed by atoms with E-state index in [0.29, 0.717) is 20.6 Å². The Morgan fingerprint density at radius 3 is 2.55 bits per heavy atom. The third-order valence-electron chi connectivity index (χ3n) is 4.11. The molecular formula is C20H17IN2O6. The molecule has 2 amide bonds. The normalized spacial score (nSPS) is 16.0. The average molecular weight is 508 g/mol. The molecule has 150 valence electrons. The van der Waals surface area contributed by atoms with E-state index in [9.17, 15) is 14.4 Å². The number of carbonyl (C=O) groups excluding carboxylic acids is 2. The van der Waals surface area contributed by atoms with Crippen molar-refractivity contribution in [2.24, 2.45) is 0 Å². The number of halogens is 1. The van der Waals surface area contributed by atoms with Crippen molar-refractivity contribution in [3.05, 3.63) is 57.2 Å². The van der Waals surface area contributed by atoms with E-state index in [1.54, 1.807) is 36.4 Å². The van der Waals surface area contributed by atoms with Crippen LogP contribution in [0.3, 0.4) is 0 Å². The molecule has 2 aromatic rings. The van der Waals surface area contributed by atoms with Crippen molar-refractivity contribution in [2.45, 2.75) is 13.0 Å². The maximum absolute atomic E-state index is 12.7. The second kappa shape index (κ2) is 8.52. The molecule has 1 heterocycles. The first-order valence-electron chi connectivity index (χ1n) is 8.51. The van der Waals surface area contributed by atoms with Gasteiger partial charge in [0, 0.05) is 0 Å². The minimum Gasteiger partial charge on any atom is -0.493 e. The van der Waals surface area contributed by atoms with Gasteiger partial charge in [-0.25, -0.2) is 9.80 Å². The molecule has 9 heteroatoms. The lowest BCUT2D eigenvalue weighted by Gasteiger charge is -2.16. The predicted octanol–water partition coefficient (Wildman–Crippen LogP) is 2.61. The summed E-state index contributed by atoms with van der Waals surface area (Å²) in [5.74, 6) is -1.54. The second-order valence-electron chi connectivity index (χ2n) is 6.11. The molecule has 8 nitrogen and oxygen atoms in total. The van der Waals surface area contributed by atoms with E-state index < -0.39 is 23.9 Å². The molecule has 29 heavy (non-hydrogen) atoms. The second-order valence-corrected chi connectivity index (χ2v) is 7.27. The van der Waals surface area contributed by atoms with Crippen LogP contribution in [-0.4, -0.2) is 36.1 Å². The van der Waals surface area contributed by atoms with Crippen LogP contribution < -0.4 is 19.9 Å². The number of aliphatic carboxylic acids is 1. The summed E-state index contributed by atoms with van der Waals surface area (Å²) in [6, 6.07) is 12.0. The van der Waals surface area contributed by atoms with Gasteiger partial charge >= 0.3 is 5.97 Å². The van der Waals surface area contributed by atoms with Crippen LogP contribution in [0.5, 0.6) is 11.5 Å². The molecule has 0 aliphatic carbocycles. The van der Waals surface area contributed by atoms with Gasteiger partial charge in [0.05, 0.1) is 16.4 Å². The van der Waals surface area contributed by atoms with Crippen LogP contribution in [-0.2, 0) is 14.4 Å². The molecular weight excluding hydrogens is 491 g/mol. The number of carboxylic acid groups (broad SMARTS) is 1. The van der Waals surface area contributed by atoms with Gasteiger partial charge in [0.1, 0.15) is 5.57 Å². The van der Waals surface area contributed by atoms with E-state index in [1.165, 1.54) is 25.1 Å². The van der Waals surface area contributed by atoms with Crippen LogP contribution in [0, 0.1) is 3.57 Å². The van der Waals surface area contributed by atoms with Crippen LogP contribution in [0.25, 0.3) is 6.08 Å². The van der Waals surface area contributed by atoms with E-state index in [0.717, 1.165) is 0 Å². The first kappa shape index (κ1) is 20.6. The highest BCUT2D eigenvalue weighted by molar-refractivity contribution is 14.1. The number of carbonyl (C=O) groups is 3. The molecule has 0 radical (unpaired) electrons. The fourth-order valence-electron chi connectivity index (χ4n) is 2.65. The van der Waals surface area contributed by atoms with Crippen LogP contribution in [0.2, 0.25) is 0 Å². The zero-order chi connectivity index (χ0) is 21.1. The number of methoxy groups -OCH3 is 1.